The quantitative estimate of drug-likeness (QED) is 0.801. The highest BCUT2D eigenvalue weighted by atomic mass is 16.5. The summed E-state index contributed by atoms with van der Waals surface area (Å²) in [6.07, 6.45) is 2.13. The summed E-state index contributed by atoms with van der Waals surface area (Å²) in [7, 11) is 0. The molecule has 0 aliphatic heterocycles. The van der Waals surface area contributed by atoms with Crippen molar-refractivity contribution in [1.29, 1.82) is 0 Å². The van der Waals surface area contributed by atoms with Crippen LogP contribution in [0.5, 0.6) is 0 Å². The standard InChI is InChI=1S/C18H21N3O4/c1-10(2)15(17-20-16(21-25-17)11-7-8-11)19-14(22)9-12-5-3-4-6-13(12)18(23)24/h3-6,10-11,15H,7-9H2,1-2H3,(H,19,22)(H,23,24). The van der Waals surface area contributed by atoms with Gasteiger partial charge in [0.1, 0.15) is 6.04 Å². The lowest BCUT2D eigenvalue weighted by atomic mass is 10.0. The average molecular weight is 343 g/mol. The molecule has 1 aromatic carbocycles. The number of aromatic carboxylic acids is 1. The van der Waals surface area contributed by atoms with Crippen LogP contribution in [-0.4, -0.2) is 27.1 Å². The van der Waals surface area contributed by atoms with Gasteiger partial charge in [0.2, 0.25) is 11.8 Å². The zero-order valence-corrected chi connectivity index (χ0v) is 14.2. The first-order valence-corrected chi connectivity index (χ1v) is 8.39. The third-order valence-corrected chi connectivity index (χ3v) is 4.25. The maximum Gasteiger partial charge on any atom is 0.335 e. The highest BCUT2D eigenvalue weighted by Crippen LogP contribution is 2.38. The van der Waals surface area contributed by atoms with Crippen LogP contribution in [0.4, 0.5) is 0 Å². The summed E-state index contributed by atoms with van der Waals surface area (Å²) in [5.74, 6) is 0.214. The van der Waals surface area contributed by atoms with E-state index in [1.165, 1.54) is 6.07 Å². The molecule has 0 radical (unpaired) electrons. The van der Waals surface area contributed by atoms with E-state index in [1.807, 2.05) is 13.8 Å². The van der Waals surface area contributed by atoms with Gasteiger partial charge in [0.25, 0.3) is 0 Å². The topological polar surface area (TPSA) is 105 Å². The second-order valence-electron chi connectivity index (χ2n) is 6.69. The second kappa shape index (κ2) is 7.04. The Hall–Kier alpha value is -2.70. The lowest BCUT2D eigenvalue weighted by molar-refractivity contribution is -0.121. The molecule has 25 heavy (non-hydrogen) atoms. The number of carboxylic acids is 1. The summed E-state index contributed by atoms with van der Waals surface area (Å²) in [5, 5.41) is 16.1. The first kappa shape index (κ1) is 17.1. The van der Waals surface area contributed by atoms with Gasteiger partial charge in [-0.15, -0.1) is 0 Å². The second-order valence-corrected chi connectivity index (χ2v) is 6.69. The molecule has 7 heteroatoms. The molecule has 2 N–H and O–H groups in total. The van der Waals surface area contributed by atoms with Crippen molar-refractivity contribution in [3.63, 3.8) is 0 Å². The van der Waals surface area contributed by atoms with E-state index in [4.69, 9.17) is 4.52 Å². The van der Waals surface area contributed by atoms with Gasteiger partial charge in [-0.05, 0) is 30.4 Å². The number of carbonyl (C=O) groups excluding carboxylic acids is 1. The molecule has 0 saturated heterocycles. The van der Waals surface area contributed by atoms with Gasteiger partial charge in [-0.2, -0.15) is 4.98 Å². The molecule has 1 saturated carbocycles. The molecule has 0 bridgehead atoms. The van der Waals surface area contributed by atoms with E-state index in [0.717, 1.165) is 12.8 Å². The van der Waals surface area contributed by atoms with Gasteiger partial charge in [-0.3, -0.25) is 4.79 Å². The molecular weight excluding hydrogens is 322 g/mol. The van der Waals surface area contributed by atoms with Crippen LogP contribution in [0.1, 0.15) is 66.3 Å². The van der Waals surface area contributed by atoms with E-state index < -0.39 is 12.0 Å². The minimum absolute atomic E-state index is 0.0185. The number of nitrogens with zero attached hydrogens (tertiary/aromatic N) is 2. The Labute approximate surface area is 145 Å². The average Bonchev–Trinajstić information content (AvgIpc) is 3.30. The lowest BCUT2D eigenvalue weighted by Gasteiger charge is -2.18. The van der Waals surface area contributed by atoms with Gasteiger partial charge in [0, 0.05) is 5.92 Å². The van der Waals surface area contributed by atoms with E-state index in [-0.39, 0.29) is 23.8 Å². The molecule has 132 valence electrons. The highest BCUT2D eigenvalue weighted by Gasteiger charge is 2.31. The van der Waals surface area contributed by atoms with Gasteiger partial charge >= 0.3 is 5.97 Å². The number of nitrogens with one attached hydrogen (secondary N) is 1. The summed E-state index contributed by atoms with van der Waals surface area (Å²) in [6.45, 7) is 3.91. The number of carboxylic acid groups (broad SMARTS) is 1. The van der Waals surface area contributed by atoms with Crippen LogP contribution in [0.2, 0.25) is 0 Å². The molecule has 1 unspecified atom stereocenters. The van der Waals surface area contributed by atoms with Crippen LogP contribution >= 0.6 is 0 Å². The van der Waals surface area contributed by atoms with Crippen molar-refractivity contribution in [3.8, 4) is 0 Å². The molecule has 1 aliphatic rings. The fraction of sp³-hybridized carbons (Fsp3) is 0.444. The van der Waals surface area contributed by atoms with Crippen molar-refractivity contribution in [2.45, 2.75) is 45.1 Å². The first-order chi connectivity index (χ1) is 12.0. The number of aromatic nitrogens is 2. The summed E-state index contributed by atoms with van der Waals surface area (Å²) in [4.78, 5) is 28.1. The van der Waals surface area contributed by atoms with Crippen LogP contribution in [0.15, 0.2) is 28.8 Å². The van der Waals surface area contributed by atoms with Crippen molar-refractivity contribution in [3.05, 3.63) is 47.1 Å². The molecule has 7 nitrogen and oxygen atoms in total. The fourth-order valence-electron chi connectivity index (χ4n) is 2.68. The molecule has 0 spiro atoms. The summed E-state index contributed by atoms with van der Waals surface area (Å²) in [5.41, 5.74) is 0.603. The molecule has 1 atom stereocenters. The van der Waals surface area contributed by atoms with Crippen LogP contribution in [0.3, 0.4) is 0 Å². The molecular formula is C18H21N3O4. The van der Waals surface area contributed by atoms with Gasteiger partial charge in [-0.25, -0.2) is 4.79 Å². The Morgan fingerprint density at radius 3 is 2.68 bits per heavy atom. The molecule has 1 fully saturated rings. The Balaban J connectivity index is 1.71. The molecule has 3 rings (SSSR count). The third-order valence-electron chi connectivity index (χ3n) is 4.25. The fourth-order valence-corrected chi connectivity index (χ4v) is 2.68. The first-order valence-electron chi connectivity index (χ1n) is 8.39. The molecule has 1 amide bonds. The van der Waals surface area contributed by atoms with E-state index in [0.29, 0.717) is 23.2 Å². The summed E-state index contributed by atoms with van der Waals surface area (Å²) < 4.78 is 5.33. The number of rotatable bonds is 7. The van der Waals surface area contributed by atoms with E-state index >= 15 is 0 Å². The van der Waals surface area contributed by atoms with Gasteiger partial charge in [0.05, 0.1) is 12.0 Å². The van der Waals surface area contributed by atoms with Crippen molar-refractivity contribution in [2.24, 2.45) is 5.92 Å². The van der Waals surface area contributed by atoms with Crippen molar-refractivity contribution < 1.29 is 19.2 Å². The number of carbonyl (C=O) groups is 2. The molecule has 2 aromatic rings. The Morgan fingerprint density at radius 2 is 2.04 bits per heavy atom. The van der Waals surface area contributed by atoms with Gasteiger partial charge in [-0.1, -0.05) is 37.2 Å². The smallest absolute Gasteiger partial charge is 0.335 e. The van der Waals surface area contributed by atoms with Crippen molar-refractivity contribution in [2.75, 3.05) is 0 Å². The predicted molar refractivity (Wildman–Crippen MR) is 89.1 cm³/mol. The molecule has 1 heterocycles. The summed E-state index contributed by atoms with van der Waals surface area (Å²) >= 11 is 0. The van der Waals surface area contributed by atoms with E-state index in [9.17, 15) is 14.7 Å². The zero-order valence-electron chi connectivity index (χ0n) is 14.2. The molecule has 1 aromatic heterocycles. The monoisotopic (exact) mass is 343 g/mol. The Bertz CT molecular complexity index is 780. The van der Waals surface area contributed by atoms with Crippen LogP contribution in [0.25, 0.3) is 0 Å². The summed E-state index contributed by atoms with van der Waals surface area (Å²) in [6, 6.07) is 6.09. The van der Waals surface area contributed by atoms with Gasteiger partial charge in [0.15, 0.2) is 5.82 Å². The third kappa shape index (κ3) is 4.04. The minimum Gasteiger partial charge on any atom is -0.478 e. The van der Waals surface area contributed by atoms with Crippen molar-refractivity contribution in [1.82, 2.24) is 15.5 Å². The lowest BCUT2D eigenvalue weighted by Crippen LogP contribution is -2.33. The number of benzene rings is 1. The number of hydrogen-bond acceptors (Lipinski definition) is 5. The van der Waals surface area contributed by atoms with Crippen LogP contribution in [-0.2, 0) is 11.2 Å². The van der Waals surface area contributed by atoms with Gasteiger partial charge < -0.3 is 14.9 Å². The largest absolute Gasteiger partial charge is 0.478 e. The van der Waals surface area contributed by atoms with Crippen LogP contribution in [0, 0.1) is 5.92 Å². The molecule has 1 aliphatic carbocycles. The van der Waals surface area contributed by atoms with E-state index in [1.54, 1.807) is 18.2 Å². The maximum absolute atomic E-state index is 12.4. The highest BCUT2D eigenvalue weighted by molar-refractivity contribution is 5.91. The number of hydrogen-bond donors (Lipinski definition) is 2. The van der Waals surface area contributed by atoms with Crippen molar-refractivity contribution >= 4 is 11.9 Å². The Morgan fingerprint density at radius 1 is 1.32 bits per heavy atom. The maximum atomic E-state index is 12.4. The van der Waals surface area contributed by atoms with E-state index in [2.05, 4.69) is 15.5 Å². The number of amides is 1. The Kier molecular flexibility index (Phi) is 4.83. The normalized spacial score (nSPS) is 15.2. The van der Waals surface area contributed by atoms with Crippen LogP contribution < -0.4 is 5.32 Å². The predicted octanol–water partition coefficient (Wildman–Crippen LogP) is 2.70. The zero-order chi connectivity index (χ0) is 18.0. The SMILES string of the molecule is CC(C)C(NC(=O)Cc1ccccc1C(=O)O)c1nc(C2CC2)no1. The minimum atomic E-state index is -1.05.